The van der Waals surface area contributed by atoms with E-state index >= 15 is 4.39 Å². The van der Waals surface area contributed by atoms with Crippen LogP contribution < -0.4 is 4.57 Å². The maximum absolute atomic E-state index is 15.8. The molecule has 0 amide bonds. The van der Waals surface area contributed by atoms with Crippen molar-refractivity contribution >= 4 is 5.70 Å². The standard InChI is InChI=1S/C35H30F2N3/c1-21-20-40-22(2)34-28(27-10-6-9-24-13-14-38-15-16-39(34)35(38)32(24)27)12-11-25-17-26(36)18-30(37)33(25)31(40)19-29(21)23-7-4-3-5-8-23/h3-10,15-20,28,34-35H,2,11-14H2,1H3/q+1. The van der Waals surface area contributed by atoms with Gasteiger partial charge in [-0.05, 0) is 66.6 Å². The van der Waals surface area contributed by atoms with Gasteiger partial charge in [-0.1, -0.05) is 48.5 Å². The van der Waals surface area contributed by atoms with E-state index in [0.29, 0.717) is 23.2 Å². The highest BCUT2D eigenvalue weighted by atomic mass is 19.1. The van der Waals surface area contributed by atoms with Crippen LogP contribution in [0, 0.1) is 18.6 Å². The molecule has 5 heterocycles. The maximum atomic E-state index is 15.8. The number of nitrogens with zero attached hydrogens (tertiary/aromatic N) is 3. The number of hydrogen-bond acceptors (Lipinski definition) is 2. The summed E-state index contributed by atoms with van der Waals surface area (Å²) in [5.41, 5.74) is 10.1. The van der Waals surface area contributed by atoms with Crippen molar-refractivity contribution < 1.29 is 13.3 Å². The van der Waals surface area contributed by atoms with E-state index in [-0.39, 0.29) is 18.1 Å². The van der Waals surface area contributed by atoms with Gasteiger partial charge in [0.05, 0.1) is 5.56 Å². The fourth-order valence-corrected chi connectivity index (χ4v) is 7.66. The van der Waals surface area contributed by atoms with Crippen LogP contribution in [0.4, 0.5) is 8.78 Å². The largest absolute Gasteiger partial charge is 0.352 e. The normalized spacial score (nSPS) is 22.1. The number of hydrogen-bond donors (Lipinski definition) is 0. The lowest BCUT2D eigenvalue weighted by Crippen LogP contribution is -2.53. The zero-order valence-corrected chi connectivity index (χ0v) is 22.4. The average molecular weight is 531 g/mol. The van der Waals surface area contributed by atoms with Gasteiger partial charge in [-0.2, -0.15) is 4.57 Å². The fraction of sp³-hybridized carbons (Fsp3) is 0.229. The molecule has 3 nitrogen and oxygen atoms in total. The molecule has 0 bridgehead atoms. The first-order chi connectivity index (χ1) is 19.5. The molecule has 0 saturated heterocycles. The molecule has 5 heteroatoms. The third-order valence-corrected chi connectivity index (χ3v) is 9.40. The molecule has 0 saturated carbocycles. The summed E-state index contributed by atoms with van der Waals surface area (Å²) in [7, 11) is 0. The minimum atomic E-state index is -0.535. The first kappa shape index (κ1) is 23.6. The quantitative estimate of drug-likeness (QED) is 0.243. The number of fused-ring (bicyclic) bond motifs is 6. The molecule has 0 radical (unpaired) electrons. The molecule has 3 atom stereocenters. The topological polar surface area (TPSA) is 10.4 Å². The van der Waals surface area contributed by atoms with Crippen LogP contribution in [0.5, 0.6) is 0 Å². The third kappa shape index (κ3) is 3.30. The number of aromatic nitrogens is 1. The lowest BCUT2D eigenvalue weighted by atomic mass is 9.75. The van der Waals surface area contributed by atoms with Crippen molar-refractivity contribution in [3.63, 3.8) is 0 Å². The number of halogens is 2. The Kier molecular flexibility index (Phi) is 5.09. The molecule has 198 valence electrons. The van der Waals surface area contributed by atoms with Crippen molar-refractivity contribution in [2.75, 3.05) is 6.54 Å². The number of aryl methyl sites for hydroxylation is 2. The minimum Gasteiger partial charge on any atom is -0.352 e. The van der Waals surface area contributed by atoms with E-state index < -0.39 is 11.6 Å². The Balaban J connectivity index is 1.40. The molecule has 0 N–H and O–H groups in total. The zero-order valence-electron chi connectivity index (χ0n) is 22.4. The predicted octanol–water partition coefficient (Wildman–Crippen LogP) is 7.12. The second kappa shape index (κ2) is 8.62. The van der Waals surface area contributed by atoms with Gasteiger partial charge in [-0.25, -0.2) is 8.78 Å². The Hall–Kier alpha value is -4.25. The van der Waals surface area contributed by atoms with Crippen LogP contribution in [0.25, 0.3) is 28.1 Å². The molecule has 1 aromatic heterocycles. The molecule has 3 aromatic carbocycles. The Morgan fingerprint density at radius 3 is 2.62 bits per heavy atom. The van der Waals surface area contributed by atoms with E-state index in [1.807, 2.05) is 18.2 Å². The van der Waals surface area contributed by atoms with Crippen LogP contribution in [0.3, 0.4) is 0 Å². The summed E-state index contributed by atoms with van der Waals surface area (Å²) in [5.74, 6) is -0.935. The summed E-state index contributed by atoms with van der Waals surface area (Å²) < 4.78 is 32.6. The van der Waals surface area contributed by atoms with Gasteiger partial charge in [-0.3, -0.25) is 0 Å². The first-order valence-corrected chi connectivity index (χ1v) is 14.1. The Bertz CT molecular complexity index is 1740. The Morgan fingerprint density at radius 2 is 1.77 bits per heavy atom. The second-order valence-corrected chi connectivity index (χ2v) is 11.5. The zero-order chi connectivity index (χ0) is 27.1. The van der Waals surface area contributed by atoms with Crippen molar-refractivity contribution in [1.29, 1.82) is 0 Å². The van der Waals surface area contributed by atoms with Crippen molar-refractivity contribution in [3.8, 4) is 22.4 Å². The van der Waals surface area contributed by atoms with Crippen LogP contribution in [0.15, 0.2) is 91.9 Å². The maximum Gasteiger partial charge on any atom is 0.222 e. The minimum absolute atomic E-state index is 0.0277. The van der Waals surface area contributed by atoms with Crippen molar-refractivity contribution in [3.05, 3.63) is 131 Å². The van der Waals surface area contributed by atoms with E-state index in [0.717, 1.165) is 47.8 Å². The molecule has 4 aliphatic rings. The summed E-state index contributed by atoms with van der Waals surface area (Å²) >= 11 is 0. The van der Waals surface area contributed by atoms with Crippen molar-refractivity contribution in [2.24, 2.45) is 0 Å². The Morgan fingerprint density at radius 1 is 0.925 bits per heavy atom. The van der Waals surface area contributed by atoms with Gasteiger partial charge < -0.3 is 9.80 Å². The van der Waals surface area contributed by atoms with Gasteiger partial charge in [0.25, 0.3) is 0 Å². The molecule has 0 aliphatic carbocycles. The highest BCUT2D eigenvalue weighted by Crippen LogP contribution is 2.51. The highest BCUT2D eigenvalue weighted by Gasteiger charge is 2.50. The van der Waals surface area contributed by atoms with E-state index in [9.17, 15) is 4.39 Å². The number of pyridine rings is 1. The molecular weight excluding hydrogens is 500 g/mol. The molecule has 0 spiro atoms. The molecular formula is C35H30F2N3+. The van der Waals surface area contributed by atoms with E-state index in [1.54, 1.807) is 0 Å². The smallest absolute Gasteiger partial charge is 0.222 e. The summed E-state index contributed by atoms with van der Waals surface area (Å²) in [5, 5.41) is 0. The van der Waals surface area contributed by atoms with Gasteiger partial charge in [0.1, 0.15) is 23.8 Å². The lowest BCUT2D eigenvalue weighted by molar-refractivity contribution is -0.574. The molecule has 4 aliphatic heterocycles. The third-order valence-electron chi connectivity index (χ3n) is 9.40. The lowest BCUT2D eigenvalue weighted by Gasteiger charge is -2.48. The summed E-state index contributed by atoms with van der Waals surface area (Å²) in [6.45, 7) is 7.79. The summed E-state index contributed by atoms with van der Waals surface area (Å²) in [4.78, 5) is 4.89. The van der Waals surface area contributed by atoms with Crippen LogP contribution in [0.2, 0.25) is 0 Å². The SMILES string of the molecule is C=C1C2C(CCc3cc(F)cc(F)c3-c3cc(-c4ccccc4)c(C)c[n+]31)c1cccc3c1C1N(C=CN21)CC3. The highest BCUT2D eigenvalue weighted by molar-refractivity contribution is 5.74. The monoisotopic (exact) mass is 530 g/mol. The fourth-order valence-electron chi connectivity index (χ4n) is 7.66. The van der Waals surface area contributed by atoms with Crippen LogP contribution in [-0.4, -0.2) is 22.4 Å². The second-order valence-electron chi connectivity index (χ2n) is 11.5. The first-order valence-electron chi connectivity index (χ1n) is 14.1. The van der Waals surface area contributed by atoms with Crippen LogP contribution >= 0.6 is 0 Å². The van der Waals surface area contributed by atoms with E-state index in [2.05, 4.69) is 76.3 Å². The van der Waals surface area contributed by atoms with Gasteiger partial charge in [-0.15, -0.1) is 0 Å². The van der Waals surface area contributed by atoms with Crippen molar-refractivity contribution in [2.45, 2.75) is 44.3 Å². The van der Waals surface area contributed by atoms with Crippen LogP contribution in [0.1, 0.15) is 46.3 Å². The van der Waals surface area contributed by atoms with E-state index in [1.165, 1.54) is 22.8 Å². The molecule has 3 unspecified atom stereocenters. The molecule has 4 aromatic rings. The van der Waals surface area contributed by atoms with Gasteiger partial charge in [0.2, 0.25) is 11.4 Å². The summed E-state index contributed by atoms with van der Waals surface area (Å²) in [6.07, 6.45) is 9.04. The average Bonchev–Trinajstić information content (AvgIpc) is 3.41. The van der Waals surface area contributed by atoms with Gasteiger partial charge in [0.15, 0.2) is 6.20 Å². The van der Waals surface area contributed by atoms with Gasteiger partial charge in [0, 0.05) is 48.1 Å². The van der Waals surface area contributed by atoms with Gasteiger partial charge >= 0.3 is 0 Å². The summed E-state index contributed by atoms with van der Waals surface area (Å²) in [6, 6.07) is 21.5. The van der Waals surface area contributed by atoms with Crippen molar-refractivity contribution in [1.82, 2.24) is 9.80 Å². The number of rotatable bonds is 1. The van der Waals surface area contributed by atoms with E-state index in [4.69, 9.17) is 6.58 Å². The molecule has 0 fully saturated rings. The molecule has 8 rings (SSSR count). The molecule has 40 heavy (non-hydrogen) atoms. The Labute approximate surface area is 233 Å². The van der Waals surface area contributed by atoms with Crippen LogP contribution in [-0.2, 0) is 12.8 Å². The predicted molar refractivity (Wildman–Crippen MR) is 153 cm³/mol. The number of benzene rings is 3.